The van der Waals surface area contributed by atoms with Crippen LogP contribution in [0, 0.1) is 5.92 Å². The number of alkyl halides is 3. The second-order valence-electron chi connectivity index (χ2n) is 7.33. The van der Waals surface area contributed by atoms with Crippen LogP contribution >= 0.6 is 0 Å². The van der Waals surface area contributed by atoms with E-state index in [-0.39, 0.29) is 18.1 Å². The van der Waals surface area contributed by atoms with E-state index >= 15 is 0 Å². The molecule has 0 aromatic heterocycles. The summed E-state index contributed by atoms with van der Waals surface area (Å²) in [5.74, 6) is 0.150. The lowest BCUT2D eigenvalue weighted by Crippen LogP contribution is -3.15. The Morgan fingerprint density at radius 1 is 1.19 bits per heavy atom. The topological polar surface area (TPSA) is 53.9 Å². The molecule has 0 spiro atoms. The minimum atomic E-state index is -4.52. The Labute approximate surface area is 157 Å². The zero-order valence-electron chi connectivity index (χ0n) is 15.7. The zero-order chi connectivity index (χ0) is 20.0. The summed E-state index contributed by atoms with van der Waals surface area (Å²) in [5.41, 5.74) is -1.08. The van der Waals surface area contributed by atoms with E-state index in [0.29, 0.717) is 38.5 Å². The van der Waals surface area contributed by atoms with Crippen molar-refractivity contribution in [2.75, 3.05) is 38.0 Å². The van der Waals surface area contributed by atoms with Crippen molar-refractivity contribution in [3.05, 3.63) is 29.8 Å². The summed E-state index contributed by atoms with van der Waals surface area (Å²) < 4.78 is 39.0. The summed E-state index contributed by atoms with van der Waals surface area (Å²) in [7, 11) is 0. The van der Waals surface area contributed by atoms with Crippen molar-refractivity contribution in [1.82, 2.24) is 4.90 Å². The molecule has 0 bridgehead atoms. The fourth-order valence-electron chi connectivity index (χ4n) is 3.08. The lowest BCUT2D eigenvalue weighted by Gasteiger charge is -2.32. The molecule has 27 heavy (non-hydrogen) atoms. The number of rotatable bonds is 6. The van der Waals surface area contributed by atoms with Crippen LogP contribution in [0.25, 0.3) is 0 Å². The highest BCUT2D eigenvalue weighted by Gasteiger charge is 2.34. The van der Waals surface area contributed by atoms with Crippen molar-refractivity contribution in [2.45, 2.75) is 32.9 Å². The third kappa shape index (κ3) is 6.53. The Balaban J connectivity index is 1.83. The van der Waals surface area contributed by atoms with E-state index in [1.54, 1.807) is 0 Å². The van der Waals surface area contributed by atoms with Crippen molar-refractivity contribution in [3.63, 3.8) is 0 Å². The Bertz CT molecular complexity index is 654. The van der Waals surface area contributed by atoms with Crippen LogP contribution in [0.3, 0.4) is 0 Å². The van der Waals surface area contributed by atoms with E-state index in [1.165, 1.54) is 18.2 Å². The van der Waals surface area contributed by atoms with Gasteiger partial charge in [0.1, 0.15) is 0 Å². The van der Waals surface area contributed by atoms with E-state index in [4.69, 9.17) is 0 Å². The van der Waals surface area contributed by atoms with Crippen LogP contribution in [0.2, 0.25) is 0 Å². The molecule has 2 amide bonds. The Hall–Kier alpha value is -2.09. The molecule has 2 rings (SSSR count). The van der Waals surface area contributed by atoms with Gasteiger partial charge in [0.05, 0.1) is 37.4 Å². The number of hydrogen-bond acceptors (Lipinski definition) is 2. The van der Waals surface area contributed by atoms with Gasteiger partial charge in [-0.2, -0.15) is 13.2 Å². The number of carbonyl (C=O) groups is 2. The van der Waals surface area contributed by atoms with Crippen molar-refractivity contribution in [1.29, 1.82) is 0 Å². The summed E-state index contributed by atoms with van der Waals surface area (Å²) in [6, 6.07) is 4.95. The van der Waals surface area contributed by atoms with Gasteiger partial charge < -0.3 is 15.1 Å². The first-order valence-corrected chi connectivity index (χ1v) is 9.24. The maximum atomic E-state index is 13.0. The Morgan fingerprint density at radius 3 is 2.41 bits per heavy atom. The second-order valence-corrected chi connectivity index (χ2v) is 7.33. The number of nitrogens with zero attached hydrogens (tertiary/aromatic N) is 1. The molecule has 0 aliphatic carbocycles. The first kappa shape index (κ1) is 21.2. The molecule has 0 radical (unpaired) electrons. The number of piperazine rings is 1. The number of benzene rings is 1. The van der Waals surface area contributed by atoms with Crippen molar-refractivity contribution in [3.8, 4) is 0 Å². The van der Waals surface area contributed by atoms with E-state index in [1.807, 2.05) is 4.90 Å². The number of amides is 2. The average molecular weight is 386 g/mol. The summed E-state index contributed by atoms with van der Waals surface area (Å²) in [4.78, 5) is 27.1. The highest BCUT2D eigenvalue weighted by Crippen LogP contribution is 2.34. The van der Waals surface area contributed by atoms with Gasteiger partial charge in [0.25, 0.3) is 5.91 Å². The molecule has 0 unspecified atom stereocenters. The molecular formula is C19H27F3N3O2+. The molecule has 1 fully saturated rings. The van der Waals surface area contributed by atoms with E-state index in [2.05, 4.69) is 19.2 Å². The minimum Gasteiger partial charge on any atom is -0.331 e. The van der Waals surface area contributed by atoms with Crippen LogP contribution in [-0.4, -0.2) is 49.4 Å². The van der Waals surface area contributed by atoms with E-state index in [0.717, 1.165) is 17.4 Å². The molecular weight excluding hydrogens is 359 g/mol. The van der Waals surface area contributed by atoms with Crippen LogP contribution < -0.4 is 10.2 Å². The first-order chi connectivity index (χ1) is 12.7. The van der Waals surface area contributed by atoms with Crippen LogP contribution in [0.15, 0.2) is 24.3 Å². The average Bonchev–Trinajstić information content (AvgIpc) is 2.59. The summed E-state index contributed by atoms with van der Waals surface area (Å²) in [6.07, 6.45) is -3.13. The molecule has 0 atom stereocenters. The van der Waals surface area contributed by atoms with Crippen LogP contribution in [0.4, 0.5) is 18.9 Å². The smallest absolute Gasteiger partial charge is 0.331 e. The maximum Gasteiger partial charge on any atom is 0.418 e. The molecule has 150 valence electrons. The first-order valence-electron chi connectivity index (χ1n) is 9.24. The van der Waals surface area contributed by atoms with Gasteiger partial charge in [0.15, 0.2) is 6.54 Å². The predicted octanol–water partition coefficient (Wildman–Crippen LogP) is 1.81. The molecule has 1 aromatic carbocycles. The number of carbonyl (C=O) groups excluding carboxylic acids is 2. The van der Waals surface area contributed by atoms with Gasteiger partial charge in [-0.3, -0.25) is 9.59 Å². The number of halogens is 3. The SMILES string of the molecule is CC(C)CCC(=O)N1CC[NH+](CC(=O)Nc2ccccc2C(F)(F)F)CC1. The van der Waals surface area contributed by atoms with Crippen LogP contribution in [0.5, 0.6) is 0 Å². The van der Waals surface area contributed by atoms with Gasteiger partial charge in [-0.1, -0.05) is 26.0 Å². The van der Waals surface area contributed by atoms with Gasteiger partial charge in [-0.15, -0.1) is 0 Å². The standard InChI is InChI=1S/C19H26F3N3O2/c1-14(2)7-8-18(27)25-11-9-24(10-12-25)13-17(26)23-16-6-4-3-5-15(16)19(20,21)22/h3-6,14H,7-13H2,1-2H3,(H,23,26)/p+1. The normalized spacial score (nSPS) is 15.9. The fourth-order valence-corrected chi connectivity index (χ4v) is 3.08. The number of para-hydroxylation sites is 1. The van der Waals surface area contributed by atoms with Gasteiger partial charge in [0.2, 0.25) is 5.91 Å². The molecule has 1 aromatic rings. The largest absolute Gasteiger partial charge is 0.418 e. The minimum absolute atomic E-state index is 0.0835. The molecule has 0 saturated carbocycles. The third-order valence-corrected chi connectivity index (χ3v) is 4.68. The van der Waals surface area contributed by atoms with Crippen molar-refractivity contribution < 1.29 is 27.7 Å². The number of anilines is 1. The maximum absolute atomic E-state index is 13.0. The van der Waals surface area contributed by atoms with Gasteiger partial charge in [0, 0.05) is 6.42 Å². The van der Waals surface area contributed by atoms with Crippen molar-refractivity contribution >= 4 is 17.5 Å². The molecule has 2 N–H and O–H groups in total. The summed E-state index contributed by atoms with van der Waals surface area (Å²) in [6.45, 7) is 6.59. The lowest BCUT2D eigenvalue weighted by molar-refractivity contribution is -0.895. The van der Waals surface area contributed by atoms with E-state index < -0.39 is 17.6 Å². The molecule has 1 saturated heterocycles. The summed E-state index contributed by atoms with van der Waals surface area (Å²) >= 11 is 0. The predicted molar refractivity (Wildman–Crippen MR) is 96.3 cm³/mol. The highest BCUT2D eigenvalue weighted by molar-refractivity contribution is 5.92. The van der Waals surface area contributed by atoms with Gasteiger partial charge in [-0.25, -0.2) is 0 Å². The van der Waals surface area contributed by atoms with Gasteiger partial charge >= 0.3 is 6.18 Å². The van der Waals surface area contributed by atoms with E-state index in [9.17, 15) is 22.8 Å². The molecule has 8 heteroatoms. The highest BCUT2D eigenvalue weighted by atomic mass is 19.4. The monoisotopic (exact) mass is 386 g/mol. The number of nitrogens with one attached hydrogen (secondary N) is 2. The Kier molecular flexibility index (Phi) is 7.24. The Morgan fingerprint density at radius 2 is 1.81 bits per heavy atom. The molecule has 1 aliphatic rings. The van der Waals surface area contributed by atoms with Crippen molar-refractivity contribution in [2.24, 2.45) is 5.92 Å². The van der Waals surface area contributed by atoms with Gasteiger partial charge in [-0.05, 0) is 24.5 Å². The lowest BCUT2D eigenvalue weighted by atomic mass is 10.1. The van der Waals surface area contributed by atoms with Crippen LogP contribution in [0.1, 0.15) is 32.3 Å². The molecule has 1 aliphatic heterocycles. The number of quaternary nitrogens is 1. The number of hydrogen-bond donors (Lipinski definition) is 2. The molecule has 5 nitrogen and oxygen atoms in total. The summed E-state index contributed by atoms with van der Waals surface area (Å²) in [5, 5.41) is 2.37. The third-order valence-electron chi connectivity index (χ3n) is 4.68. The zero-order valence-corrected chi connectivity index (χ0v) is 15.7. The molecule has 1 heterocycles. The quantitative estimate of drug-likeness (QED) is 0.784. The second kappa shape index (κ2) is 9.21. The fraction of sp³-hybridized carbons (Fsp3) is 0.579. The van der Waals surface area contributed by atoms with Crippen LogP contribution in [-0.2, 0) is 15.8 Å².